The molecule has 2 rings (SSSR count). The third kappa shape index (κ3) is 7.03. The third-order valence-electron chi connectivity index (χ3n) is 4.99. The standard InChI is InChI=1S/C24H30Cl2N2O2/c1-4-6-12-27-24(30)22(5-2)28(16-19-9-7-8-17(3)13-19)23(29)15-18-10-11-20(25)21(26)14-18/h7-11,13-14,22H,4-6,12,15-16H2,1-3H3,(H,27,30)/t22-/m0/s1. The van der Waals surface area contributed by atoms with Gasteiger partial charge in [-0.2, -0.15) is 0 Å². The minimum atomic E-state index is -0.530. The van der Waals surface area contributed by atoms with Crippen molar-refractivity contribution >= 4 is 35.0 Å². The summed E-state index contributed by atoms with van der Waals surface area (Å²) in [4.78, 5) is 27.8. The highest BCUT2D eigenvalue weighted by atomic mass is 35.5. The van der Waals surface area contributed by atoms with Crippen LogP contribution in [0.3, 0.4) is 0 Å². The minimum absolute atomic E-state index is 0.110. The van der Waals surface area contributed by atoms with Gasteiger partial charge in [-0.15, -0.1) is 0 Å². The van der Waals surface area contributed by atoms with Crippen molar-refractivity contribution in [3.8, 4) is 0 Å². The molecule has 0 radical (unpaired) electrons. The maximum Gasteiger partial charge on any atom is 0.242 e. The number of carbonyl (C=O) groups is 2. The molecular formula is C24H30Cl2N2O2. The first-order valence-corrected chi connectivity index (χ1v) is 11.2. The molecule has 0 spiro atoms. The van der Waals surface area contributed by atoms with Crippen molar-refractivity contribution in [2.75, 3.05) is 6.54 Å². The number of carbonyl (C=O) groups excluding carboxylic acids is 2. The summed E-state index contributed by atoms with van der Waals surface area (Å²) in [5.74, 6) is -0.228. The van der Waals surface area contributed by atoms with Gasteiger partial charge in [0.1, 0.15) is 6.04 Å². The lowest BCUT2D eigenvalue weighted by Gasteiger charge is -2.31. The smallest absolute Gasteiger partial charge is 0.242 e. The van der Waals surface area contributed by atoms with E-state index < -0.39 is 6.04 Å². The highest BCUT2D eigenvalue weighted by Gasteiger charge is 2.28. The van der Waals surface area contributed by atoms with E-state index in [9.17, 15) is 9.59 Å². The van der Waals surface area contributed by atoms with Crippen molar-refractivity contribution < 1.29 is 9.59 Å². The van der Waals surface area contributed by atoms with Gasteiger partial charge in [-0.25, -0.2) is 0 Å². The van der Waals surface area contributed by atoms with E-state index in [0.29, 0.717) is 29.6 Å². The third-order valence-corrected chi connectivity index (χ3v) is 5.73. The van der Waals surface area contributed by atoms with Gasteiger partial charge in [0.2, 0.25) is 11.8 Å². The van der Waals surface area contributed by atoms with Gasteiger partial charge in [0.25, 0.3) is 0 Å². The second-order valence-electron chi connectivity index (χ2n) is 7.50. The highest BCUT2D eigenvalue weighted by Crippen LogP contribution is 2.23. The normalized spacial score (nSPS) is 11.8. The first-order chi connectivity index (χ1) is 14.3. The van der Waals surface area contributed by atoms with Crippen molar-refractivity contribution in [1.82, 2.24) is 10.2 Å². The summed E-state index contributed by atoms with van der Waals surface area (Å²) in [6.07, 6.45) is 2.61. The predicted molar refractivity (Wildman–Crippen MR) is 124 cm³/mol. The molecule has 0 aliphatic carbocycles. The molecular weight excluding hydrogens is 419 g/mol. The number of amides is 2. The van der Waals surface area contributed by atoms with Crippen LogP contribution in [0.2, 0.25) is 10.0 Å². The molecule has 4 nitrogen and oxygen atoms in total. The van der Waals surface area contributed by atoms with Crippen LogP contribution in [0.4, 0.5) is 0 Å². The van der Waals surface area contributed by atoms with Gasteiger partial charge in [0, 0.05) is 13.1 Å². The van der Waals surface area contributed by atoms with E-state index in [4.69, 9.17) is 23.2 Å². The van der Waals surface area contributed by atoms with Crippen LogP contribution in [0.25, 0.3) is 0 Å². The van der Waals surface area contributed by atoms with Crippen LogP contribution in [-0.2, 0) is 22.6 Å². The summed E-state index contributed by atoms with van der Waals surface area (Å²) in [7, 11) is 0. The molecule has 2 amide bonds. The molecule has 30 heavy (non-hydrogen) atoms. The molecule has 0 aliphatic heterocycles. The van der Waals surface area contributed by atoms with Crippen LogP contribution in [0.5, 0.6) is 0 Å². The molecule has 0 saturated heterocycles. The van der Waals surface area contributed by atoms with Gasteiger partial charge in [-0.3, -0.25) is 9.59 Å². The Bertz CT molecular complexity index is 870. The molecule has 0 heterocycles. The number of rotatable bonds is 10. The van der Waals surface area contributed by atoms with E-state index in [1.54, 1.807) is 23.1 Å². The van der Waals surface area contributed by atoms with Crippen LogP contribution in [0, 0.1) is 6.92 Å². The summed E-state index contributed by atoms with van der Waals surface area (Å²) in [5.41, 5.74) is 2.88. The quantitative estimate of drug-likeness (QED) is 0.483. The number of hydrogen-bond donors (Lipinski definition) is 1. The number of aryl methyl sites for hydroxylation is 1. The minimum Gasteiger partial charge on any atom is -0.354 e. The lowest BCUT2D eigenvalue weighted by Crippen LogP contribution is -2.49. The molecule has 162 valence electrons. The van der Waals surface area contributed by atoms with Crippen LogP contribution in [0.15, 0.2) is 42.5 Å². The fourth-order valence-electron chi connectivity index (χ4n) is 3.36. The van der Waals surface area contributed by atoms with Gasteiger partial charge >= 0.3 is 0 Å². The van der Waals surface area contributed by atoms with Crippen LogP contribution in [0.1, 0.15) is 49.8 Å². The zero-order valence-electron chi connectivity index (χ0n) is 17.9. The van der Waals surface area contributed by atoms with Crippen molar-refractivity contribution in [3.63, 3.8) is 0 Å². The Morgan fingerprint density at radius 2 is 1.80 bits per heavy atom. The molecule has 1 atom stereocenters. The van der Waals surface area contributed by atoms with Crippen LogP contribution >= 0.6 is 23.2 Å². The first-order valence-electron chi connectivity index (χ1n) is 10.4. The van der Waals surface area contributed by atoms with Crippen molar-refractivity contribution in [1.29, 1.82) is 0 Å². The Morgan fingerprint density at radius 3 is 2.43 bits per heavy atom. The fourth-order valence-corrected chi connectivity index (χ4v) is 3.68. The lowest BCUT2D eigenvalue weighted by atomic mass is 10.1. The summed E-state index contributed by atoms with van der Waals surface area (Å²) in [5, 5.41) is 3.84. The predicted octanol–water partition coefficient (Wildman–Crippen LogP) is 5.57. The van der Waals surface area contributed by atoms with Gasteiger partial charge in [-0.05, 0) is 43.0 Å². The molecule has 0 aliphatic rings. The molecule has 0 saturated carbocycles. The Balaban J connectivity index is 2.26. The SMILES string of the molecule is CCCCNC(=O)[C@H](CC)N(Cc1cccc(C)c1)C(=O)Cc1ccc(Cl)c(Cl)c1. The Morgan fingerprint density at radius 1 is 1.03 bits per heavy atom. The van der Waals surface area contributed by atoms with E-state index in [0.717, 1.165) is 29.5 Å². The number of benzene rings is 2. The van der Waals surface area contributed by atoms with Crippen molar-refractivity contribution in [2.24, 2.45) is 0 Å². The fraction of sp³-hybridized carbons (Fsp3) is 0.417. The molecule has 2 aromatic carbocycles. The molecule has 2 aromatic rings. The number of hydrogen-bond acceptors (Lipinski definition) is 2. The van der Waals surface area contributed by atoms with Crippen LogP contribution < -0.4 is 5.32 Å². The lowest BCUT2D eigenvalue weighted by molar-refractivity contribution is -0.140. The van der Waals surface area contributed by atoms with Gasteiger partial charge in [-0.1, -0.05) is 79.4 Å². The molecule has 0 aromatic heterocycles. The van der Waals surface area contributed by atoms with Gasteiger partial charge in [0.15, 0.2) is 0 Å². The summed E-state index contributed by atoms with van der Waals surface area (Å²) in [6.45, 7) is 7.01. The number of nitrogens with zero attached hydrogens (tertiary/aromatic N) is 1. The topological polar surface area (TPSA) is 49.4 Å². The summed E-state index contributed by atoms with van der Waals surface area (Å²) < 4.78 is 0. The van der Waals surface area contributed by atoms with Crippen LogP contribution in [-0.4, -0.2) is 29.3 Å². The molecule has 6 heteroatoms. The Kier molecular flexibility index (Phi) is 9.67. The average molecular weight is 449 g/mol. The first kappa shape index (κ1) is 24.2. The maximum atomic E-state index is 13.3. The monoisotopic (exact) mass is 448 g/mol. The maximum absolute atomic E-state index is 13.3. The second kappa shape index (κ2) is 12.0. The van der Waals surface area contributed by atoms with Crippen molar-refractivity contribution in [3.05, 3.63) is 69.2 Å². The molecule has 1 N–H and O–H groups in total. The largest absolute Gasteiger partial charge is 0.354 e. The van der Waals surface area contributed by atoms with Gasteiger partial charge < -0.3 is 10.2 Å². The highest BCUT2D eigenvalue weighted by molar-refractivity contribution is 6.42. The summed E-state index contributed by atoms with van der Waals surface area (Å²) >= 11 is 12.1. The molecule has 0 fully saturated rings. The summed E-state index contributed by atoms with van der Waals surface area (Å²) in [6, 6.07) is 12.7. The second-order valence-corrected chi connectivity index (χ2v) is 8.32. The van der Waals surface area contributed by atoms with Gasteiger partial charge in [0.05, 0.1) is 16.5 Å². The van der Waals surface area contributed by atoms with E-state index in [1.165, 1.54) is 0 Å². The Labute approximate surface area is 189 Å². The van der Waals surface area contributed by atoms with E-state index >= 15 is 0 Å². The zero-order chi connectivity index (χ0) is 22.1. The Hall–Kier alpha value is -2.04. The van der Waals surface area contributed by atoms with Crippen molar-refractivity contribution in [2.45, 2.75) is 59.0 Å². The number of halogens is 2. The molecule has 0 bridgehead atoms. The number of nitrogens with one attached hydrogen (secondary N) is 1. The molecule has 0 unspecified atom stereocenters. The zero-order valence-corrected chi connectivity index (χ0v) is 19.4. The number of unbranched alkanes of at least 4 members (excludes halogenated alkanes) is 1. The average Bonchev–Trinajstić information content (AvgIpc) is 2.71. The van der Waals surface area contributed by atoms with E-state index in [2.05, 4.69) is 12.2 Å². The van der Waals surface area contributed by atoms with E-state index in [1.807, 2.05) is 38.1 Å². The van der Waals surface area contributed by atoms with E-state index in [-0.39, 0.29) is 18.2 Å².